The Morgan fingerprint density at radius 1 is 1.29 bits per heavy atom. The van der Waals surface area contributed by atoms with E-state index in [0.29, 0.717) is 19.0 Å². The minimum absolute atomic E-state index is 0.0485. The quantitative estimate of drug-likeness (QED) is 0.622. The predicted molar refractivity (Wildman–Crippen MR) is 87.4 cm³/mol. The van der Waals surface area contributed by atoms with Crippen molar-refractivity contribution in [2.75, 3.05) is 13.1 Å². The van der Waals surface area contributed by atoms with E-state index in [1.807, 2.05) is 0 Å². The molecule has 8 nitrogen and oxygen atoms in total. The van der Waals surface area contributed by atoms with Crippen molar-refractivity contribution in [3.8, 4) is 5.69 Å². The van der Waals surface area contributed by atoms with Crippen LogP contribution in [0.4, 0.5) is 5.69 Å². The molecule has 9 heteroatoms. The van der Waals surface area contributed by atoms with Crippen LogP contribution in [0.15, 0.2) is 41.8 Å². The molecule has 1 aliphatic heterocycles. The molecule has 1 aromatic carbocycles. The molecule has 0 unspecified atom stereocenters. The molecule has 2 heterocycles. The van der Waals surface area contributed by atoms with Gasteiger partial charge in [-0.2, -0.15) is 4.31 Å². The van der Waals surface area contributed by atoms with Gasteiger partial charge in [0.05, 0.1) is 16.1 Å². The highest BCUT2D eigenvalue weighted by atomic mass is 32.2. The SMILES string of the molecule is CC1CCN(S(=O)(=O)c2ccc(-n3ccnc3)c([N+](=O)[O-])c2)CC1. The Bertz CT molecular complexity index is 840. The molecule has 0 aliphatic carbocycles. The Hall–Kier alpha value is -2.26. The maximum Gasteiger partial charge on any atom is 0.294 e. The van der Waals surface area contributed by atoms with Gasteiger partial charge in [0.15, 0.2) is 0 Å². The van der Waals surface area contributed by atoms with Crippen molar-refractivity contribution in [1.29, 1.82) is 0 Å². The summed E-state index contributed by atoms with van der Waals surface area (Å²) < 4.78 is 28.4. The summed E-state index contributed by atoms with van der Waals surface area (Å²) in [4.78, 5) is 14.6. The van der Waals surface area contributed by atoms with Gasteiger partial charge in [-0.25, -0.2) is 13.4 Å². The van der Waals surface area contributed by atoms with Crippen molar-refractivity contribution < 1.29 is 13.3 Å². The van der Waals surface area contributed by atoms with Crippen LogP contribution in [0, 0.1) is 16.0 Å². The van der Waals surface area contributed by atoms with E-state index >= 15 is 0 Å². The standard InChI is InChI=1S/C15H18N4O4S/c1-12-4-7-18(8-5-12)24(22,23)13-2-3-14(15(10-13)19(20)21)17-9-6-16-11-17/h2-3,6,9-12H,4-5,7-8H2,1H3. The third-order valence-corrected chi connectivity index (χ3v) is 6.20. The molecule has 0 atom stereocenters. The summed E-state index contributed by atoms with van der Waals surface area (Å²) in [5.74, 6) is 0.495. The lowest BCUT2D eigenvalue weighted by Crippen LogP contribution is -2.37. The molecule has 1 aliphatic rings. The summed E-state index contributed by atoms with van der Waals surface area (Å²) in [6.45, 7) is 2.98. The van der Waals surface area contributed by atoms with Crippen molar-refractivity contribution in [3.63, 3.8) is 0 Å². The number of hydrogen-bond donors (Lipinski definition) is 0. The monoisotopic (exact) mass is 350 g/mol. The molecule has 1 fully saturated rings. The second-order valence-electron chi connectivity index (χ2n) is 5.96. The molecule has 128 valence electrons. The van der Waals surface area contributed by atoms with Gasteiger partial charge in [0.1, 0.15) is 5.69 Å². The van der Waals surface area contributed by atoms with E-state index in [1.54, 1.807) is 6.20 Å². The summed E-state index contributed by atoms with van der Waals surface area (Å²) >= 11 is 0. The van der Waals surface area contributed by atoms with Crippen molar-refractivity contribution in [1.82, 2.24) is 13.9 Å². The Morgan fingerprint density at radius 2 is 2.00 bits per heavy atom. The fourth-order valence-electron chi connectivity index (χ4n) is 2.80. The van der Waals surface area contributed by atoms with Gasteiger partial charge >= 0.3 is 0 Å². The third-order valence-electron chi connectivity index (χ3n) is 4.31. The number of sulfonamides is 1. The first-order chi connectivity index (χ1) is 11.4. The number of nitro groups is 1. The molecular weight excluding hydrogens is 332 g/mol. The van der Waals surface area contributed by atoms with Gasteiger partial charge in [-0.05, 0) is 30.9 Å². The zero-order valence-corrected chi connectivity index (χ0v) is 14.0. The van der Waals surface area contributed by atoms with Crippen LogP contribution in [0.25, 0.3) is 5.69 Å². The van der Waals surface area contributed by atoms with Crippen molar-refractivity contribution in [2.24, 2.45) is 5.92 Å². The van der Waals surface area contributed by atoms with Crippen LogP contribution < -0.4 is 0 Å². The molecular formula is C15H18N4O4S. The molecule has 1 saturated heterocycles. The Kier molecular flexibility index (Phi) is 4.37. The number of benzene rings is 1. The summed E-state index contributed by atoms with van der Waals surface area (Å²) in [6.07, 6.45) is 6.11. The van der Waals surface area contributed by atoms with Crippen LogP contribution in [0.5, 0.6) is 0 Å². The van der Waals surface area contributed by atoms with Gasteiger partial charge in [-0.3, -0.25) is 10.1 Å². The first-order valence-electron chi connectivity index (χ1n) is 7.66. The van der Waals surface area contributed by atoms with E-state index in [9.17, 15) is 18.5 Å². The second-order valence-corrected chi connectivity index (χ2v) is 7.90. The molecule has 2 aromatic rings. The summed E-state index contributed by atoms with van der Waals surface area (Å²) in [6, 6.07) is 3.98. The normalized spacial score (nSPS) is 17.0. The topological polar surface area (TPSA) is 98.3 Å². The lowest BCUT2D eigenvalue weighted by molar-refractivity contribution is -0.384. The Morgan fingerprint density at radius 3 is 2.58 bits per heavy atom. The molecule has 1 aromatic heterocycles. The number of imidazole rings is 1. The van der Waals surface area contributed by atoms with E-state index < -0.39 is 14.9 Å². The Balaban J connectivity index is 2.00. The van der Waals surface area contributed by atoms with Crippen molar-refractivity contribution in [3.05, 3.63) is 47.0 Å². The summed E-state index contributed by atoms with van der Waals surface area (Å²) in [7, 11) is -3.72. The van der Waals surface area contributed by atoms with Crippen LogP contribution in [0.1, 0.15) is 19.8 Å². The smallest absolute Gasteiger partial charge is 0.294 e. The van der Waals surface area contributed by atoms with E-state index in [-0.39, 0.29) is 16.3 Å². The summed E-state index contributed by atoms with van der Waals surface area (Å²) in [5, 5.41) is 11.4. The zero-order valence-electron chi connectivity index (χ0n) is 13.2. The summed E-state index contributed by atoms with van der Waals surface area (Å²) in [5.41, 5.74) is 0.0168. The van der Waals surface area contributed by atoms with Gasteiger partial charge in [-0.15, -0.1) is 0 Å². The van der Waals surface area contributed by atoms with Crippen molar-refractivity contribution >= 4 is 15.7 Å². The second kappa shape index (κ2) is 6.33. The number of piperidine rings is 1. The highest BCUT2D eigenvalue weighted by Gasteiger charge is 2.30. The average Bonchev–Trinajstić information content (AvgIpc) is 3.09. The van der Waals surface area contributed by atoms with E-state index in [4.69, 9.17) is 0 Å². The van der Waals surface area contributed by atoms with Crippen LogP contribution in [0.3, 0.4) is 0 Å². The first-order valence-corrected chi connectivity index (χ1v) is 9.10. The molecule has 0 bridgehead atoms. The largest absolute Gasteiger partial charge is 0.300 e. The molecule has 0 saturated carbocycles. The van der Waals surface area contributed by atoms with Gasteiger partial charge < -0.3 is 4.57 Å². The highest BCUT2D eigenvalue weighted by molar-refractivity contribution is 7.89. The maximum absolute atomic E-state index is 12.8. The molecule has 3 rings (SSSR count). The number of nitro benzene ring substituents is 1. The molecule has 0 amide bonds. The lowest BCUT2D eigenvalue weighted by Gasteiger charge is -2.29. The third kappa shape index (κ3) is 3.04. The van der Waals surface area contributed by atoms with Crippen molar-refractivity contribution in [2.45, 2.75) is 24.7 Å². The van der Waals surface area contributed by atoms with Crippen LogP contribution in [-0.2, 0) is 10.0 Å². The molecule has 0 radical (unpaired) electrons. The van der Waals surface area contributed by atoms with E-state index in [2.05, 4.69) is 11.9 Å². The number of aromatic nitrogens is 2. The molecule has 0 N–H and O–H groups in total. The van der Waals surface area contributed by atoms with Crippen LogP contribution >= 0.6 is 0 Å². The van der Waals surface area contributed by atoms with Gasteiger partial charge in [-0.1, -0.05) is 6.92 Å². The lowest BCUT2D eigenvalue weighted by atomic mass is 10.0. The Labute approximate surface area is 139 Å². The minimum atomic E-state index is -3.72. The number of rotatable bonds is 4. The van der Waals surface area contributed by atoms with E-state index in [1.165, 1.54) is 33.5 Å². The van der Waals surface area contributed by atoms with E-state index in [0.717, 1.165) is 18.9 Å². The molecule has 0 spiro atoms. The fourth-order valence-corrected chi connectivity index (χ4v) is 4.29. The number of hydrogen-bond acceptors (Lipinski definition) is 5. The molecule has 24 heavy (non-hydrogen) atoms. The average molecular weight is 350 g/mol. The maximum atomic E-state index is 12.8. The zero-order chi connectivity index (χ0) is 17.3. The number of nitrogens with zero attached hydrogens (tertiary/aromatic N) is 4. The first kappa shape index (κ1) is 16.6. The van der Waals surface area contributed by atoms with Gasteiger partial charge in [0.25, 0.3) is 5.69 Å². The fraction of sp³-hybridized carbons (Fsp3) is 0.400. The van der Waals surface area contributed by atoms with Crippen LogP contribution in [0.2, 0.25) is 0 Å². The predicted octanol–water partition coefficient (Wildman–Crippen LogP) is 2.20. The van der Waals surface area contributed by atoms with Gasteiger partial charge in [0.2, 0.25) is 10.0 Å². The van der Waals surface area contributed by atoms with Crippen LogP contribution in [-0.4, -0.2) is 40.3 Å². The minimum Gasteiger partial charge on any atom is -0.300 e. The highest BCUT2D eigenvalue weighted by Crippen LogP contribution is 2.29. The van der Waals surface area contributed by atoms with Gasteiger partial charge in [0, 0.05) is 31.5 Å².